The van der Waals surface area contributed by atoms with Crippen LogP contribution in [0.2, 0.25) is 0 Å². The maximum Gasteiger partial charge on any atom is 0.254 e. The Balaban J connectivity index is 1.52. The molecule has 1 aliphatic heterocycles. The fraction of sp³-hybridized carbons (Fsp3) is 0.250. The molecule has 2 amide bonds. The highest BCUT2D eigenvalue weighted by Gasteiger charge is 2.29. The van der Waals surface area contributed by atoms with Crippen LogP contribution in [0.25, 0.3) is 10.8 Å². The number of likely N-dealkylation sites (tertiary alicyclic amines) is 1. The number of ether oxygens (including phenoxy) is 1. The van der Waals surface area contributed by atoms with Crippen LogP contribution in [-0.4, -0.2) is 36.9 Å². The van der Waals surface area contributed by atoms with Gasteiger partial charge in [0, 0.05) is 29.7 Å². The maximum atomic E-state index is 13.3. The summed E-state index contributed by atoms with van der Waals surface area (Å²) in [7, 11) is 1.61. The van der Waals surface area contributed by atoms with E-state index in [1.807, 2.05) is 24.3 Å². The largest absolute Gasteiger partial charge is 0.496 e. The van der Waals surface area contributed by atoms with Crippen LogP contribution in [0.15, 0.2) is 60.7 Å². The Morgan fingerprint density at radius 3 is 2.50 bits per heavy atom. The Bertz CT molecular complexity index is 1080. The van der Waals surface area contributed by atoms with Crippen molar-refractivity contribution in [3.05, 3.63) is 72.0 Å². The van der Waals surface area contributed by atoms with Crippen molar-refractivity contribution in [3.8, 4) is 5.75 Å². The van der Waals surface area contributed by atoms with E-state index in [4.69, 9.17) is 4.74 Å². The summed E-state index contributed by atoms with van der Waals surface area (Å²) >= 11 is 0. The van der Waals surface area contributed by atoms with E-state index in [9.17, 15) is 14.0 Å². The lowest BCUT2D eigenvalue weighted by Crippen LogP contribution is -2.43. The van der Waals surface area contributed by atoms with Gasteiger partial charge in [0.25, 0.3) is 5.91 Å². The zero-order valence-electron chi connectivity index (χ0n) is 16.7. The number of nitrogens with zero attached hydrogens (tertiary/aromatic N) is 1. The molecule has 0 aromatic heterocycles. The summed E-state index contributed by atoms with van der Waals surface area (Å²) in [5.41, 5.74) is 1.15. The van der Waals surface area contributed by atoms with Crippen molar-refractivity contribution < 1.29 is 18.7 Å². The molecule has 1 fully saturated rings. The molecule has 1 aliphatic rings. The molecule has 5 nitrogen and oxygen atoms in total. The van der Waals surface area contributed by atoms with Crippen LogP contribution < -0.4 is 10.1 Å². The van der Waals surface area contributed by atoms with E-state index in [-0.39, 0.29) is 23.5 Å². The molecule has 0 saturated carbocycles. The molecule has 0 unspecified atom stereocenters. The van der Waals surface area contributed by atoms with E-state index >= 15 is 0 Å². The highest BCUT2D eigenvalue weighted by atomic mass is 19.1. The number of piperidine rings is 1. The van der Waals surface area contributed by atoms with Crippen molar-refractivity contribution in [3.63, 3.8) is 0 Å². The second kappa shape index (κ2) is 8.53. The van der Waals surface area contributed by atoms with Crippen molar-refractivity contribution in [2.24, 2.45) is 5.92 Å². The normalized spacial score (nSPS) is 16.3. The number of fused-ring (bicyclic) bond motifs is 1. The van der Waals surface area contributed by atoms with Gasteiger partial charge in [-0.2, -0.15) is 0 Å². The highest BCUT2D eigenvalue weighted by molar-refractivity contribution is 6.08. The van der Waals surface area contributed by atoms with Gasteiger partial charge in [-0.05, 0) is 54.6 Å². The van der Waals surface area contributed by atoms with Gasteiger partial charge in [-0.15, -0.1) is 0 Å². The minimum Gasteiger partial charge on any atom is -0.496 e. The number of nitrogens with one attached hydrogen (secondary N) is 1. The summed E-state index contributed by atoms with van der Waals surface area (Å²) < 4.78 is 18.5. The Labute approximate surface area is 174 Å². The summed E-state index contributed by atoms with van der Waals surface area (Å²) in [6.45, 7) is 0.964. The van der Waals surface area contributed by atoms with Crippen LogP contribution in [0.5, 0.6) is 5.75 Å². The summed E-state index contributed by atoms with van der Waals surface area (Å²) in [5.74, 6) is -0.185. The number of anilines is 1. The molecule has 6 heteroatoms. The molecule has 3 aromatic rings. The number of amides is 2. The summed E-state index contributed by atoms with van der Waals surface area (Å²) in [6, 6.07) is 16.9. The molecule has 1 N–H and O–H groups in total. The smallest absolute Gasteiger partial charge is 0.254 e. The number of methoxy groups -OCH3 is 1. The van der Waals surface area contributed by atoms with Crippen LogP contribution in [-0.2, 0) is 4.79 Å². The zero-order valence-corrected chi connectivity index (χ0v) is 16.7. The van der Waals surface area contributed by atoms with Gasteiger partial charge in [-0.1, -0.05) is 24.3 Å². The lowest BCUT2D eigenvalue weighted by Gasteiger charge is -2.32. The molecule has 0 bridgehead atoms. The van der Waals surface area contributed by atoms with E-state index in [1.54, 1.807) is 24.1 Å². The van der Waals surface area contributed by atoms with Gasteiger partial charge in [-0.25, -0.2) is 4.39 Å². The van der Waals surface area contributed by atoms with Gasteiger partial charge in [-0.3, -0.25) is 9.59 Å². The second-order valence-corrected chi connectivity index (χ2v) is 7.45. The molecule has 30 heavy (non-hydrogen) atoms. The third kappa shape index (κ3) is 3.99. The molecular formula is C24H23FN2O3. The van der Waals surface area contributed by atoms with Gasteiger partial charge in [0.2, 0.25) is 5.91 Å². The minimum absolute atomic E-state index is 0.0897. The number of hydrogen-bond donors (Lipinski definition) is 1. The topological polar surface area (TPSA) is 58.6 Å². The average molecular weight is 406 g/mol. The van der Waals surface area contributed by atoms with E-state index < -0.39 is 0 Å². The first-order valence-corrected chi connectivity index (χ1v) is 9.98. The van der Waals surface area contributed by atoms with E-state index in [2.05, 4.69) is 5.32 Å². The Morgan fingerprint density at radius 2 is 1.77 bits per heavy atom. The van der Waals surface area contributed by atoms with Crippen molar-refractivity contribution >= 4 is 28.3 Å². The lowest BCUT2D eigenvalue weighted by molar-refractivity contribution is -0.121. The fourth-order valence-corrected chi connectivity index (χ4v) is 3.96. The molecule has 0 radical (unpaired) electrons. The standard InChI is InChI=1S/C24H23FN2O3/c1-30-22-13-12-21(19-6-2-3-7-20(19)22)24(29)27-14-4-5-16(15-27)23(28)26-18-10-8-17(25)9-11-18/h2-3,6-13,16H,4-5,14-15H2,1H3,(H,26,28)/t16-/m0/s1. The Hall–Kier alpha value is -3.41. The number of carbonyl (C=O) groups is 2. The van der Waals surface area contributed by atoms with Gasteiger partial charge < -0.3 is 15.0 Å². The van der Waals surface area contributed by atoms with Crippen LogP contribution in [0.4, 0.5) is 10.1 Å². The quantitative estimate of drug-likeness (QED) is 0.695. The minimum atomic E-state index is -0.353. The molecule has 3 aromatic carbocycles. The highest BCUT2D eigenvalue weighted by Crippen LogP contribution is 2.30. The number of hydrogen-bond acceptors (Lipinski definition) is 3. The molecule has 154 valence electrons. The van der Waals surface area contributed by atoms with E-state index in [0.29, 0.717) is 30.8 Å². The molecule has 0 spiro atoms. The van der Waals surface area contributed by atoms with Crippen LogP contribution in [0, 0.1) is 11.7 Å². The number of halogens is 1. The molecule has 0 aliphatic carbocycles. The van der Waals surface area contributed by atoms with Crippen molar-refractivity contribution in [1.82, 2.24) is 4.90 Å². The number of benzene rings is 3. The number of rotatable bonds is 4. The van der Waals surface area contributed by atoms with Crippen LogP contribution >= 0.6 is 0 Å². The predicted molar refractivity (Wildman–Crippen MR) is 114 cm³/mol. The number of carbonyl (C=O) groups excluding carboxylic acids is 2. The van der Waals surface area contributed by atoms with Crippen molar-refractivity contribution in [2.45, 2.75) is 12.8 Å². The lowest BCUT2D eigenvalue weighted by atomic mass is 9.95. The molecule has 1 saturated heterocycles. The Morgan fingerprint density at radius 1 is 1.03 bits per heavy atom. The summed E-state index contributed by atoms with van der Waals surface area (Å²) in [5, 5.41) is 4.54. The van der Waals surface area contributed by atoms with Gasteiger partial charge in [0.1, 0.15) is 11.6 Å². The second-order valence-electron chi connectivity index (χ2n) is 7.45. The van der Waals surface area contributed by atoms with Crippen LogP contribution in [0.3, 0.4) is 0 Å². The zero-order chi connectivity index (χ0) is 21.1. The first kappa shape index (κ1) is 19.9. The summed E-state index contributed by atoms with van der Waals surface area (Å²) in [4.78, 5) is 27.7. The molecule has 1 atom stereocenters. The van der Waals surface area contributed by atoms with Gasteiger partial charge in [0.15, 0.2) is 0 Å². The SMILES string of the molecule is COc1ccc(C(=O)N2CCC[C@H](C(=O)Nc3ccc(F)cc3)C2)c2ccccc12. The van der Waals surface area contributed by atoms with E-state index in [1.165, 1.54) is 24.3 Å². The fourth-order valence-electron chi connectivity index (χ4n) is 3.96. The molecule has 1 heterocycles. The van der Waals surface area contributed by atoms with Crippen molar-refractivity contribution in [1.29, 1.82) is 0 Å². The third-order valence-corrected chi connectivity index (χ3v) is 5.53. The van der Waals surface area contributed by atoms with E-state index in [0.717, 1.165) is 22.9 Å². The van der Waals surface area contributed by atoms with Crippen molar-refractivity contribution in [2.75, 3.05) is 25.5 Å². The van der Waals surface area contributed by atoms with Gasteiger partial charge in [0.05, 0.1) is 13.0 Å². The average Bonchev–Trinajstić information content (AvgIpc) is 2.79. The first-order valence-electron chi connectivity index (χ1n) is 9.98. The van der Waals surface area contributed by atoms with Gasteiger partial charge >= 0.3 is 0 Å². The Kier molecular flexibility index (Phi) is 5.65. The van der Waals surface area contributed by atoms with Crippen LogP contribution in [0.1, 0.15) is 23.2 Å². The predicted octanol–water partition coefficient (Wildman–Crippen LogP) is 4.48. The third-order valence-electron chi connectivity index (χ3n) is 5.53. The molecule has 4 rings (SSSR count). The first-order chi connectivity index (χ1) is 14.6. The monoisotopic (exact) mass is 406 g/mol. The molecular weight excluding hydrogens is 383 g/mol. The summed E-state index contributed by atoms with van der Waals surface area (Å²) in [6.07, 6.45) is 1.46. The maximum absolute atomic E-state index is 13.3.